The van der Waals surface area contributed by atoms with Gasteiger partial charge in [-0.3, -0.25) is 0 Å². The summed E-state index contributed by atoms with van der Waals surface area (Å²) in [7, 11) is -32.4. The Kier molecular flexibility index (Phi) is 31.5. The van der Waals surface area contributed by atoms with Crippen LogP contribution in [0, 0.1) is 0 Å². The van der Waals surface area contributed by atoms with Crippen molar-refractivity contribution in [3.05, 3.63) is 0 Å². The van der Waals surface area contributed by atoms with Crippen molar-refractivity contribution in [1.82, 2.24) is 0 Å². The van der Waals surface area contributed by atoms with Crippen molar-refractivity contribution in [2.45, 2.75) is 257 Å². The van der Waals surface area contributed by atoms with Crippen LogP contribution in [0.25, 0.3) is 0 Å². The van der Waals surface area contributed by atoms with E-state index in [1.54, 1.807) is 0 Å². The molecular weight excluding hydrogens is 2500 g/mol. The quantitative estimate of drug-likeness (QED) is 0.0271. The number of halogens is 72. The third-order valence-electron chi connectivity index (χ3n) is 16.8. The zero-order chi connectivity index (χ0) is 102. The van der Waals surface area contributed by atoms with Crippen LogP contribution in [0.5, 0.6) is 0 Å². The molecule has 0 N–H and O–H groups in total. The van der Waals surface area contributed by atoms with Crippen LogP contribution in [0.2, 0.25) is 26.2 Å². The fourth-order valence-electron chi connectivity index (χ4n) is 9.14. The van der Waals surface area contributed by atoms with Crippen molar-refractivity contribution >= 4 is 125 Å². The molecule has 1 saturated heterocycles. The van der Waals surface area contributed by atoms with Crippen molar-refractivity contribution < 1.29 is 315 Å². The Balaban J connectivity index is 5.42. The monoisotopic (exact) mass is 2530 g/mol. The molecule has 0 radical (unpaired) electrons. The lowest BCUT2D eigenvalue weighted by atomic mass is 9.88. The minimum absolute atomic E-state index is 0.714. The molecule has 1 rings (SSSR count). The average Bonchev–Trinajstić information content (AvgIpc) is 0.704. The highest BCUT2D eigenvalue weighted by atomic mass is 127. The third-order valence-corrected chi connectivity index (χ3v) is 50.5. The second kappa shape index (κ2) is 32.3. The van der Waals surface area contributed by atoms with Gasteiger partial charge in [-0.25, -0.2) is 0 Å². The Morgan fingerprint density at radius 3 is 0.298 bits per heavy atom. The SMILES string of the molecule is C[Si]1(C(I)CC(F)(F)C(F)(F)C(F)(F)C(F)(F)C(F)(F)C(F)(F)C(F)(F)C(F)(F)F)O[Si](C)(C(I)CC(F)(F)C(F)(F)C(F)(F)C(F)(F)C(F)(F)C(F)(F)C(F)(F)C(F)(F)F)O[Si](C)(C(I)CC(F)(F)C(F)(F)C(F)(F)C(F)(F)C(F)(F)C(F)(F)C(F)(F)C(F)(F)F)O[Si](C)(C(I)CC(F)(F)C(F)(F)C(F)(F)C(F)(F)C(F)(F)C(F)(F)C(F)(F)C(F)(F)F)O1. The molecule has 1 aliphatic rings. The first-order valence-corrected chi connectivity index (χ1v) is 43.1. The van der Waals surface area contributed by atoms with E-state index in [9.17, 15) is 193 Å². The molecule has 0 aromatic heterocycles. The van der Waals surface area contributed by atoms with E-state index in [-0.39, 0.29) is 0 Å². The average molecular weight is 2530 g/mol. The summed E-state index contributed by atoms with van der Waals surface area (Å²) >= 11 is -2.86. The van der Waals surface area contributed by atoms with Gasteiger partial charge in [0.25, 0.3) is 0 Å². The molecule has 80 heteroatoms. The molecule has 0 saturated carbocycles. The smallest absolute Gasteiger partial charge is 0.414 e. The highest BCUT2D eigenvalue weighted by molar-refractivity contribution is 14.1. The van der Waals surface area contributed by atoms with E-state index in [2.05, 4.69) is 0 Å². The van der Waals surface area contributed by atoms with Gasteiger partial charge < -0.3 is 16.5 Å². The summed E-state index contributed by atoms with van der Waals surface area (Å²) in [6.45, 7) is -4.32. The summed E-state index contributed by atoms with van der Waals surface area (Å²) in [4.78, 5) is 0. The first-order valence-electron chi connectivity index (χ1n) is 28.6. The van der Waals surface area contributed by atoms with E-state index in [0.717, 1.165) is 0 Å². The fourth-order valence-corrected chi connectivity index (χ4v) is 42.2. The van der Waals surface area contributed by atoms with E-state index >= 15 is 105 Å². The van der Waals surface area contributed by atoms with Crippen molar-refractivity contribution in [1.29, 1.82) is 0 Å². The zero-order valence-electron chi connectivity index (χ0n) is 56.0. The summed E-state index contributed by atoms with van der Waals surface area (Å²) < 4.78 is 984. The molecule has 4 atom stereocenters. The maximum absolute atomic E-state index is 16.1. The predicted octanol–water partition coefficient (Wildman–Crippen LogP) is 27.3. The molecule has 744 valence electrons. The van der Waals surface area contributed by atoms with E-state index in [1.165, 1.54) is 0 Å². The van der Waals surface area contributed by atoms with Gasteiger partial charge >= 0.3 is 225 Å². The number of rotatable bonds is 36. The second-order valence-electron chi connectivity index (χ2n) is 25.8. The van der Waals surface area contributed by atoms with Crippen molar-refractivity contribution in [2.24, 2.45) is 0 Å². The molecule has 1 fully saturated rings. The van der Waals surface area contributed by atoms with Crippen LogP contribution < -0.4 is 0 Å². The van der Waals surface area contributed by atoms with Gasteiger partial charge in [0.05, 0.1) is 14.2 Å². The summed E-state index contributed by atoms with van der Waals surface area (Å²) in [5, 5.41) is 0. The Labute approximate surface area is 693 Å². The normalized spacial score (nSPS) is 23.3. The summed E-state index contributed by atoms with van der Waals surface area (Å²) in [5.74, 6) is -263. The molecule has 0 aromatic carbocycles. The number of hydrogen-bond acceptors (Lipinski definition) is 4. The molecule has 0 amide bonds. The molecule has 1 aliphatic heterocycles. The maximum atomic E-state index is 16.1. The first kappa shape index (κ1) is 121. The van der Waals surface area contributed by atoms with Crippen LogP contribution in [0.4, 0.5) is 299 Å². The summed E-state index contributed by atoms with van der Waals surface area (Å²) in [6.07, 6.45) is -53.1. The van der Waals surface area contributed by atoms with Crippen molar-refractivity contribution in [3.63, 3.8) is 0 Å². The van der Waals surface area contributed by atoms with Crippen LogP contribution in [-0.2, 0) is 16.5 Å². The number of alkyl halides is 72. The fraction of sp³-hybridized carbons (Fsp3) is 1.00. The Hall–Kier alpha value is -1.13. The van der Waals surface area contributed by atoms with Gasteiger partial charge in [0, 0.05) is 25.7 Å². The van der Waals surface area contributed by atoms with Crippen LogP contribution >= 0.6 is 90.4 Å². The topological polar surface area (TPSA) is 36.9 Å². The number of hydrogen-bond donors (Lipinski definition) is 0. The molecule has 4 nitrogen and oxygen atoms in total. The Bertz CT molecular complexity index is 3270. The van der Waals surface area contributed by atoms with Gasteiger partial charge in [0.15, 0.2) is 0 Å². The highest BCUT2D eigenvalue weighted by Gasteiger charge is 3.01. The van der Waals surface area contributed by atoms with Gasteiger partial charge in [-0.1, -0.05) is 90.4 Å². The van der Waals surface area contributed by atoms with Gasteiger partial charge in [0.2, 0.25) is 0 Å². The molecule has 0 aromatic rings. The van der Waals surface area contributed by atoms with Gasteiger partial charge in [-0.15, -0.1) is 0 Å². The lowest BCUT2D eigenvalue weighted by Crippen LogP contribution is -2.77. The van der Waals surface area contributed by atoms with Crippen LogP contribution in [0.15, 0.2) is 0 Å². The van der Waals surface area contributed by atoms with E-state index in [4.69, 9.17) is 16.5 Å². The van der Waals surface area contributed by atoms with E-state index in [0.29, 0.717) is 0 Å². The van der Waals surface area contributed by atoms with Crippen LogP contribution in [-0.4, -0.2) is 239 Å². The van der Waals surface area contributed by atoms with Crippen LogP contribution in [0.1, 0.15) is 25.7 Å². The van der Waals surface area contributed by atoms with E-state index < -0.39 is 381 Å². The minimum Gasteiger partial charge on any atom is -0.414 e. The third kappa shape index (κ3) is 17.1. The van der Waals surface area contributed by atoms with Gasteiger partial charge in [-0.2, -0.15) is 299 Å². The lowest BCUT2D eigenvalue weighted by molar-refractivity contribution is -0.461. The first-order chi connectivity index (χ1) is 52.3. The second-order valence-corrected chi connectivity index (χ2v) is 50.6. The lowest BCUT2D eigenvalue weighted by Gasteiger charge is -2.55. The standard InChI is InChI=1S/C44H24F68I4O4Si4/c1-121(9(113)5-13(45,46)17(53,54)21(61,62)25(69,70)29(77,78)33(85,86)37(93,94)41(101,102)103)117-122(2,10(114)6-14(47,48)18(55,56)22(63,64)26(71,72)30(79,80)34(87,88)38(95,96)42(104,105)106)119-124(4,12(116)8-16(51,52)20(59,60)24(67,68)28(75,76)32(83,84)36(91,92)40(99,100)44(110,111)112)120-123(3,118-121)11(115)7-15(49,50)19(57,58)23(65,66)27(73,74)31(81,82)35(89,90)39(97,98)43(107,108)109/h9-12H,5-8H2,1-4H3. The Morgan fingerprint density at radius 1 is 0.145 bits per heavy atom. The summed E-state index contributed by atoms with van der Waals surface area (Å²) in [5.41, 5.74) is 0. The van der Waals surface area contributed by atoms with Crippen LogP contribution in [0.3, 0.4) is 0 Å². The molecule has 0 spiro atoms. The van der Waals surface area contributed by atoms with E-state index in [1.807, 2.05) is 0 Å². The molecular formula is C44H24F68I4O4Si4. The predicted molar refractivity (Wildman–Crippen MR) is 303 cm³/mol. The summed E-state index contributed by atoms with van der Waals surface area (Å²) in [6, 6.07) is 0. The molecule has 124 heavy (non-hydrogen) atoms. The van der Waals surface area contributed by atoms with Crippen molar-refractivity contribution in [3.8, 4) is 0 Å². The minimum atomic E-state index is -9.85. The van der Waals surface area contributed by atoms with Gasteiger partial charge in [0.1, 0.15) is 0 Å². The highest BCUT2D eigenvalue weighted by Crippen LogP contribution is 2.72. The molecule has 1 heterocycles. The molecule has 0 aliphatic carbocycles. The van der Waals surface area contributed by atoms with Crippen molar-refractivity contribution in [2.75, 3.05) is 0 Å². The largest absolute Gasteiger partial charge is 0.460 e. The maximum Gasteiger partial charge on any atom is 0.460 e. The molecule has 4 unspecified atom stereocenters. The Morgan fingerprint density at radius 2 is 0.218 bits per heavy atom. The zero-order valence-corrected chi connectivity index (χ0v) is 68.6. The molecule has 0 bridgehead atoms. The van der Waals surface area contributed by atoms with Gasteiger partial charge in [-0.05, 0) is 26.2 Å².